The van der Waals surface area contributed by atoms with Crippen molar-refractivity contribution in [2.75, 3.05) is 5.75 Å². The number of benzene rings is 1. The van der Waals surface area contributed by atoms with E-state index < -0.39 is 6.61 Å². The van der Waals surface area contributed by atoms with Gasteiger partial charge in [-0.15, -0.1) is 0 Å². The van der Waals surface area contributed by atoms with E-state index in [0.717, 1.165) is 0 Å². The second kappa shape index (κ2) is 7.72. The first-order chi connectivity index (χ1) is 8.58. The molecule has 2 nitrogen and oxygen atoms in total. The minimum absolute atomic E-state index is 0.0594. The molecule has 0 bridgehead atoms. The lowest BCUT2D eigenvalue weighted by molar-refractivity contribution is -0.109. The van der Waals surface area contributed by atoms with E-state index >= 15 is 0 Å². The van der Waals surface area contributed by atoms with Gasteiger partial charge in [0.2, 0.25) is 0 Å². The molecule has 1 rings (SSSR count). The van der Waals surface area contributed by atoms with Gasteiger partial charge >= 0.3 is 6.61 Å². The minimum Gasteiger partial charge on any atom is -0.435 e. The molecule has 18 heavy (non-hydrogen) atoms. The lowest BCUT2D eigenvalue weighted by Crippen LogP contribution is -2.01. The monoisotopic (exact) mass is 270 g/mol. The normalized spacial score (nSPS) is 9.78. The summed E-state index contributed by atoms with van der Waals surface area (Å²) in [6.07, 6.45) is 0.574. The van der Waals surface area contributed by atoms with Crippen LogP contribution in [0.1, 0.15) is 18.9 Å². The summed E-state index contributed by atoms with van der Waals surface area (Å²) in [6.45, 7) is -1.33. The van der Waals surface area contributed by atoms with E-state index in [1.54, 1.807) is 12.1 Å². The van der Waals surface area contributed by atoms with E-state index in [-0.39, 0.29) is 10.9 Å². The molecule has 1 aromatic rings. The van der Waals surface area contributed by atoms with E-state index in [2.05, 4.69) is 16.6 Å². The van der Waals surface area contributed by atoms with Crippen LogP contribution in [0.25, 0.3) is 0 Å². The molecule has 0 heterocycles. The molecular weight excluding hydrogens is 258 g/mol. The average Bonchev–Trinajstić information content (AvgIpc) is 2.27. The molecular formula is C13H12F2O2S. The van der Waals surface area contributed by atoms with Crippen LogP contribution in [0.3, 0.4) is 0 Å². The number of hydrogen-bond acceptors (Lipinski definition) is 3. The topological polar surface area (TPSA) is 26.3 Å². The molecule has 0 aliphatic rings. The first-order valence-corrected chi connectivity index (χ1v) is 6.23. The van der Waals surface area contributed by atoms with Gasteiger partial charge in [0, 0.05) is 24.7 Å². The fourth-order valence-electron chi connectivity index (χ4n) is 1.16. The van der Waals surface area contributed by atoms with Crippen LogP contribution >= 0.6 is 11.8 Å². The standard InChI is InChI=1S/C13H12F2O2S/c1-10(16)18-8-3-2-5-11-6-4-7-12(9-11)17-13(14)15/h4,6-7,9,13H,3,8H2,1H3. The van der Waals surface area contributed by atoms with Gasteiger partial charge in [0.25, 0.3) is 0 Å². The van der Waals surface area contributed by atoms with Crippen molar-refractivity contribution >= 4 is 16.9 Å². The first-order valence-electron chi connectivity index (χ1n) is 5.25. The fraction of sp³-hybridized carbons (Fsp3) is 0.308. The van der Waals surface area contributed by atoms with Crippen molar-refractivity contribution in [1.82, 2.24) is 0 Å². The highest BCUT2D eigenvalue weighted by Crippen LogP contribution is 2.15. The number of rotatable bonds is 4. The van der Waals surface area contributed by atoms with Crippen molar-refractivity contribution in [3.8, 4) is 17.6 Å². The van der Waals surface area contributed by atoms with Crippen LogP contribution in [0, 0.1) is 11.8 Å². The number of halogens is 2. The van der Waals surface area contributed by atoms with Gasteiger partial charge in [0.05, 0.1) is 0 Å². The third-order valence-corrected chi connectivity index (χ3v) is 2.64. The average molecular weight is 270 g/mol. The molecule has 0 spiro atoms. The summed E-state index contributed by atoms with van der Waals surface area (Å²) in [7, 11) is 0. The maximum Gasteiger partial charge on any atom is 0.387 e. The van der Waals surface area contributed by atoms with Crippen LogP contribution in [0.4, 0.5) is 8.78 Å². The van der Waals surface area contributed by atoms with E-state index in [1.165, 1.54) is 30.8 Å². The number of ether oxygens (including phenoxy) is 1. The number of hydrogen-bond donors (Lipinski definition) is 0. The van der Waals surface area contributed by atoms with Crippen LogP contribution in [0.15, 0.2) is 24.3 Å². The Labute approximate surface area is 109 Å². The summed E-state index contributed by atoms with van der Waals surface area (Å²) in [5.74, 6) is 6.43. The Morgan fingerprint density at radius 3 is 2.94 bits per heavy atom. The van der Waals surface area contributed by atoms with Crippen LogP contribution < -0.4 is 4.74 Å². The highest BCUT2D eigenvalue weighted by molar-refractivity contribution is 8.13. The molecule has 0 fully saturated rings. The number of carbonyl (C=O) groups is 1. The third kappa shape index (κ3) is 6.26. The lowest BCUT2D eigenvalue weighted by atomic mass is 10.2. The molecule has 0 saturated heterocycles. The van der Waals surface area contributed by atoms with E-state index in [0.29, 0.717) is 17.7 Å². The summed E-state index contributed by atoms with van der Waals surface area (Å²) in [5.41, 5.74) is 0.612. The zero-order valence-electron chi connectivity index (χ0n) is 9.78. The predicted octanol–water partition coefficient (Wildman–Crippen LogP) is 3.31. The van der Waals surface area contributed by atoms with Gasteiger partial charge in [-0.25, -0.2) is 0 Å². The second-order valence-corrected chi connectivity index (χ2v) is 4.57. The largest absolute Gasteiger partial charge is 0.435 e. The van der Waals surface area contributed by atoms with Crippen molar-refractivity contribution in [1.29, 1.82) is 0 Å². The van der Waals surface area contributed by atoms with Crippen molar-refractivity contribution < 1.29 is 18.3 Å². The Kier molecular flexibility index (Phi) is 6.23. The van der Waals surface area contributed by atoms with E-state index in [9.17, 15) is 13.6 Å². The van der Waals surface area contributed by atoms with Crippen molar-refractivity contribution in [3.05, 3.63) is 29.8 Å². The summed E-state index contributed by atoms with van der Waals surface area (Å²) < 4.78 is 28.2. The number of thioether (sulfide) groups is 1. The molecule has 96 valence electrons. The van der Waals surface area contributed by atoms with Gasteiger partial charge in [0.1, 0.15) is 5.75 Å². The van der Waals surface area contributed by atoms with Crippen molar-refractivity contribution in [2.45, 2.75) is 20.0 Å². The molecule has 0 atom stereocenters. The van der Waals surface area contributed by atoms with Gasteiger partial charge in [0.15, 0.2) is 5.12 Å². The highest BCUT2D eigenvalue weighted by Gasteiger charge is 2.03. The molecule has 1 aromatic carbocycles. The minimum atomic E-state index is -2.83. The third-order valence-electron chi connectivity index (χ3n) is 1.82. The molecule has 0 amide bonds. The Bertz CT molecular complexity index is 464. The molecule has 0 aliphatic heterocycles. The van der Waals surface area contributed by atoms with Gasteiger partial charge < -0.3 is 4.74 Å². The maximum absolute atomic E-state index is 12.0. The Morgan fingerprint density at radius 2 is 2.28 bits per heavy atom. The zero-order valence-corrected chi connectivity index (χ0v) is 10.6. The van der Waals surface area contributed by atoms with Crippen LogP contribution in [-0.2, 0) is 4.79 Å². The number of carbonyl (C=O) groups excluding carboxylic acids is 1. The summed E-state index contributed by atoms with van der Waals surface area (Å²) in [6, 6.07) is 6.22. The lowest BCUT2D eigenvalue weighted by Gasteiger charge is -2.03. The highest BCUT2D eigenvalue weighted by atomic mass is 32.2. The Hall–Kier alpha value is -1.54. The quantitative estimate of drug-likeness (QED) is 0.620. The van der Waals surface area contributed by atoms with E-state index in [4.69, 9.17) is 0 Å². The summed E-state index contributed by atoms with van der Waals surface area (Å²) in [5, 5.41) is 0.0594. The van der Waals surface area contributed by atoms with Crippen molar-refractivity contribution in [2.24, 2.45) is 0 Å². The summed E-state index contributed by atoms with van der Waals surface area (Å²) >= 11 is 1.21. The van der Waals surface area contributed by atoms with Gasteiger partial charge in [-0.3, -0.25) is 4.79 Å². The molecule has 0 unspecified atom stereocenters. The maximum atomic E-state index is 12.0. The van der Waals surface area contributed by atoms with Crippen LogP contribution in [0.5, 0.6) is 5.75 Å². The molecule has 0 radical (unpaired) electrons. The van der Waals surface area contributed by atoms with Gasteiger partial charge in [-0.05, 0) is 18.2 Å². The molecule has 0 aromatic heterocycles. The molecule has 0 aliphatic carbocycles. The van der Waals surface area contributed by atoms with Gasteiger partial charge in [-0.1, -0.05) is 29.7 Å². The van der Waals surface area contributed by atoms with Crippen molar-refractivity contribution in [3.63, 3.8) is 0 Å². The number of alkyl halides is 2. The van der Waals surface area contributed by atoms with E-state index in [1.807, 2.05) is 0 Å². The molecule has 0 saturated carbocycles. The fourth-order valence-corrected chi connectivity index (χ4v) is 1.65. The summed E-state index contributed by atoms with van der Waals surface area (Å²) in [4.78, 5) is 10.7. The molecule has 0 N–H and O–H groups in total. The SMILES string of the molecule is CC(=O)SCCC#Cc1cccc(OC(F)F)c1. The zero-order chi connectivity index (χ0) is 13.4. The smallest absolute Gasteiger partial charge is 0.387 e. The predicted molar refractivity (Wildman–Crippen MR) is 67.7 cm³/mol. The Balaban J connectivity index is 2.51. The first kappa shape index (κ1) is 14.5. The second-order valence-electron chi connectivity index (χ2n) is 3.30. The van der Waals surface area contributed by atoms with Crippen LogP contribution in [-0.4, -0.2) is 17.5 Å². The molecule has 5 heteroatoms. The van der Waals surface area contributed by atoms with Crippen LogP contribution in [0.2, 0.25) is 0 Å². The van der Waals surface area contributed by atoms with Gasteiger partial charge in [-0.2, -0.15) is 8.78 Å². The Morgan fingerprint density at radius 1 is 1.50 bits per heavy atom.